The molecule has 1 aromatic heterocycles. The number of nitrogens with one attached hydrogen (secondary N) is 1. The van der Waals surface area contributed by atoms with Gasteiger partial charge in [0.1, 0.15) is 10.8 Å². The van der Waals surface area contributed by atoms with E-state index in [4.69, 9.17) is 9.72 Å². The molecule has 1 N–H and O–H groups in total. The van der Waals surface area contributed by atoms with E-state index in [-0.39, 0.29) is 6.03 Å². The van der Waals surface area contributed by atoms with E-state index in [1.165, 1.54) is 0 Å². The second-order valence-corrected chi connectivity index (χ2v) is 7.85. The molecule has 28 heavy (non-hydrogen) atoms. The average molecular weight is 394 g/mol. The lowest BCUT2D eigenvalue weighted by atomic mass is 10.1. The number of hydrogen-bond donors (Lipinski definition) is 1. The molecule has 144 valence electrons. The van der Waals surface area contributed by atoms with Crippen LogP contribution in [0.15, 0.2) is 48.5 Å². The van der Waals surface area contributed by atoms with Crippen LogP contribution in [0.2, 0.25) is 0 Å². The van der Waals surface area contributed by atoms with Crippen molar-refractivity contribution in [3.63, 3.8) is 0 Å². The van der Waals surface area contributed by atoms with Gasteiger partial charge in [-0.2, -0.15) is 0 Å². The fourth-order valence-electron chi connectivity index (χ4n) is 3.26. The number of ether oxygens (including phenoxy) is 1. The first-order chi connectivity index (χ1) is 13.6. The lowest BCUT2D eigenvalue weighted by Crippen LogP contribution is -2.38. The van der Waals surface area contributed by atoms with E-state index in [0.717, 1.165) is 44.6 Å². The summed E-state index contributed by atoms with van der Waals surface area (Å²) in [5, 5.41) is 4.02. The van der Waals surface area contributed by atoms with Gasteiger partial charge in [-0.25, -0.2) is 9.78 Å². The van der Waals surface area contributed by atoms with E-state index in [1.54, 1.807) is 11.3 Å². The zero-order valence-corrected chi connectivity index (χ0v) is 16.9. The van der Waals surface area contributed by atoms with Gasteiger partial charge in [-0.3, -0.25) is 0 Å². The van der Waals surface area contributed by atoms with Gasteiger partial charge >= 0.3 is 6.03 Å². The number of urea groups is 1. The normalized spacial score (nSPS) is 13.1. The molecule has 0 radical (unpaired) electrons. The lowest BCUT2D eigenvalue weighted by Gasteiger charge is -2.26. The maximum atomic E-state index is 12.7. The molecule has 0 bridgehead atoms. The van der Waals surface area contributed by atoms with Gasteiger partial charge in [0.15, 0.2) is 0 Å². The molecule has 0 atom stereocenters. The van der Waals surface area contributed by atoms with Gasteiger partial charge in [0.05, 0.1) is 18.8 Å². The summed E-state index contributed by atoms with van der Waals surface area (Å²) >= 11 is 1.66. The first-order valence-electron chi connectivity index (χ1n) is 9.47. The molecule has 4 rings (SSSR count). The Morgan fingerprint density at radius 2 is 2.00 bits per heavy atom. The Morgan fingerprint density at radius 3 is 2.75 bits per heavy atom. The number of aryl methyl sites for hydroxylation is 1. The topological polar surface area (TPSA) is 54.5 Å². The molecule has 1 aliphatic rings. The SMILES string of the molecule is CCOc1ccc(-c2nc3c(s2)CN(C(=O)Nc2ccccc2C)CC3)cc1. The first kappa shape index (κ1) is 18.5. The standard InChI is InChI=1S/C22H23N3O2S/c1-3-27-17-10-8-16(9-11-17)21-23-19-12-13-25(14-20(19)28-21)22(26)24-18-7-5-4-6-15(18)2/h4-11H,3,12-14H2,1-2H3,(H,24,26). The molecule has 3 aromatic rings. The minimum atomic E-state index is -0.0593. The van der Waals surface area contributed by atoms with Crippen LogP contribution in [0, 0.1) is 6.92 Å². The Labute approximate surface area is 169 Å². The summed E-state index contributed by atoms with van der Waals surface area (Å²) in [6, 6.07) is 15.8. The molecule has 6 heteroatoms. The second-order valence-electron chi connectivity index (χ2n) is 6.76. The minimum Gasteiger partial charge on any atom is -0.494 e. The number of fused-ring (bicyclic) bond motifs is 1. The van der Waals surface area contributed by atoms with Crippen LogP contribution in [-0.4, -0.2) is 29.1 Å². The summed E-state index contributed by atoms with van der Waals surface area (Å²) in [5.41, 5.74) is 4.11. The summed E-state index contributed by atoms with van der Waals surface area (Å²) in [6.45, 7) is 5.91. The van der Waals surface area contributed by atoms with Crippen molar-refractivity contribution in [2.75, 3.05) is 18.5 Å². The number of hydrogen-bond acceptors (Lipinski definition) is 4. The molecule has 5 nitrogen and oxygen atoms in total. The number of aromatic nitrogens is 1. The fraction of sp³-hybridized carbons (Fsp3) is 0.273. The minimum absolute atomic E-state index is 0.0593. The second kappa shape index (κ2) is 8.02. The monoisotopic (exact) mass is 393 g/mol. The summed E-state index contributed by atoms with van der Waals surface area (Å²) in [4.78, 5) is 20.5. The van der Waals surface area contributed by atoms with E-state index in [0.29, 0.717) is 19.7 Å². The highest BCUT2D eigenvalue weighted by Gasteiger charge is 2.24. The lowest BCUT2D eigenvalue weighted by molar-refractivity contribution is 0.207. The summed E-state index contributed by atoms with van der Waals surface area (Å²) in [6.07, 6.45) is 0.782. The molecule has 0 unspecified atom stereocenters. The van der Waals surface area contributed by atoms with Gasteiger partial charge in [-0.1, -0.05) is 18.2 Å². The van der Waals surface area contributed by atoms with Gasteiger partial charge in [-0.15, -0.1) is 11.3 Å². The number of para-hydroxylation sites is 1. The number of anilines is 1. The Bertz CT molecular complexity index is 982. The molecule has 0 aliphatic carbocycles. The maximum absolute atomic E-state index is 12.7. The zero-order valence-electron chi connectivity index (χ0n) is 16.1. The van der Waals surface area contributed by atoms with E-state index in [2.05, 4.69) is 5.32 Å². The number of carbonyl (C=O) groups excluding carboxylic acids is 1. The Morgan fingerprint density at radius 1 is 1.21 bits per heavy atom. The smallest absolute Gasteiger partial charge is 0.322 e. The van der Waals surface area contributed by atoms with E-state index in [1.807, 2.05) is 67.3 Å². The van der Waals surface area contributed by atoms with Crippen molar-refractivity contribution in [2.45, 2.75) is 26.8 Å². The van der Waals surface area contributed by atoms with Crippen molar-refractivity contribution in [2.24, 2.45) is 0 Å². The molecule has 0 saturated heterocycles. The van der Waals surface area contributed by atoms with E-state index >= 15 is 0 Å². The predicted molar refractivity (Wildman–Crippen MR) is 113 cm³/mol. The van der Waals surface area contributed by atoms with Crippen LogP contribution >= 0.6 is 11.3 Å². The summed E-state index contributed by atoms with van der Waals surface area (Å²) in [7, 11) is 0. The third-order valence-corrected chi connectivity index (χ3v) is 5.95. The third kappa shape index (κ3) is 3.87. The quantitative estimate of drug-likeness (QED) is 0.670. The molecule has 2 aromatic carbocycles. The highest BCUT2D eigenvalue weighted by atomic mass is 32.1. The maximum Gasteiger partial charge on any atom is 0.322 e. The van der Waals surface area contributed by atoms with Crippen molar-refractivity contribution in [1.29, 1.82) is 0 Å². The average Bonchev–Trinajstić information content (AvgIpc) is 3.14. The Kier molecular flexibility index (Phi) is 5.30. The Hall–Kier alpha value is -2.86. The van der Waals surface area contributed by atoms with Crippen LogP contribution < -0.4 is 10.1 Å². The summed E-state index contributed by atoms with van der Waals surface area (Å²) < 4.78 is 5.51. The molecule has 1 aliphatic heterocycles. The van der Waals surface area contributed by atoms with E-state index < -0.39 is 0 Å². The van der Waals surface area contributed by atoms with Crippen LogP contribution in [-0.2, 0) is 13.0 Å². The third-order valence-electron chi connectivity index (χ3n) is 4.82. The zero-order chi connectivity index (χ0) is 19.5. The molecule has 0 spiro atoms. The first-order valence-corrected chi connectivity index (χ1v) is 10.3. The number of amides is 2. The molecule has 0 fully saturated rings. The highest BCUT2D eigenvalue weighted by molar-refractivity contribution is 7.15. The number of thiazole rings is 1. The number of nitrogens with zero attached hydrogens (tertiary/aromatic N) is 2. The van der Waals surface area contributed by atoms with Crippen molar-refractivity contribution in [1.82, 2.24) is 9.88 Å². The van der Waals surface area contributed by atoms with Gasteiger partial charge in [-0.05, 0) is 49.7 Å². The predicted octanol–water partition coefficient (Wildman–Crippen LogP) is 5.11. The molecule has 2 heterocycles. The molecule has 0 saturated carbocycles. The van der Waals surface area contributed by atoms with Gasteiger partial charge < -0.3 is 15.0 Å². The van der Waals surface area contributed by atoms with Crippen molar-refractivity contribution in [3.05, 3.63) is 64.7 Å². The number of carbonyl (C=O) groups is 1. The van der Waals surface area contributed by atoms with Crippen molar-refractivity contribution < 1.29 is 9.53 Å². The molecular formula is C22H23N3O2S. The van der Waals surface area contributed by atoms with E-state index in [9.17, 15) is 4.79 Å². The van der Waals surface area contributed by atoms with Crippen LogP contribution in [0.25, 0.3) is 10.6 Å². The van der Waals surface area contributed by atoms with Gasteiger partial charge in [0, 0.05) is 29.1 Å². The van der Waals surface area contributed by atoms with Crippen molar-refractivity contribution >= 4 is 23.1 Å². The number of rotatable bonds is 4. The molecule has 2 amide bonds. The number of benzene rings is 2. The highest BCUT2D eigenvalue weighted by Crippen LogP contribution is 2.32. The van der Waals surface area contributed by atoms with Crippen molar-refractivity contribution in [3.8, 4) is 16.3 Å². The fourth-order valence-corrected chi connectivity index (χ4v) is 4.39. The largest absolute Gasteiger partial charge is 0.494 e. The Balaban J connectivity index is 1.47. The van der Waals surface area contributed by atoms with Gasteiger partial charge in [0.2, 0.25) is 0 Å². The van der Waals surface area contributed by atoms with Crippen LogP contribution in [0.4, 0.5) is 10.5 Å². The molecular weight excluding hydrogens is 370 g/mol. The summed E-state index contributed by atoms with van der Waals surface area (Å²) in [5.74, 6) is 0.867. The van der Waals surface area contributed by atoms with Crippen LogP contribution in [0.5, 0.6) is 5.75 Å². The van der Waals surface area contributed by atoms with Crippen LogP contribution in [0.1, 0.15) is 23.1 Å². The van der Waals surface area contributed by atoms with Gasteiger partial charge in [0.25, 0.3) is 0 Å². The van der Waals surface area contributed by atoms with Crippen LogP contribution in [0.3, 0.4) is 0 Å².